The molecular weight excluding hydrogens is 158 g/mol. The van der Waals surface area contributed by atoms with E-state index in [1.54, 1.807) is 0 Å². The standard InChI is InChI=1S/C12H17N/c1-8(2)12-10-6-4-5-9(3)11(10)7-13-12/h4-6,8,12-13H,7H2,1-3H3. The molecule has 0 saturated heterocycles. The molecule has 1 aliphatic heterocycles. The van der Waals surface area contributed by atoms with Gasteiger partial charge in [0.05, 0.1) is 0 Å². The Balaban J connectivity index is 2.43. The summed E-state index contributed by atoms with van der Waals surface area (Å²) in [4.78, 5) is 0. The van der Waals surface area contributed by atoms with Gasteiger partial charge in [0.15, 0.2) is 0 Å². The van der Waals surface area contributed by atoms with Crippen LogP contribution in [0.3, 0.4) is 0 Å². The van der Waals surface area contributed by atoms with Crippen molar-refractivity contribution in [3.05, 3.63) is 34.9 Å². The van der Waals surface area contributed by atoms with Gasteiger partial charge >= 0.3 is 0 Å². The fourth-order valence-electron chi connectivity index (χ4n) is 2.17. The van der Waals surface area contributed by atoms with Gasteiger partial charge in [-0.25, -0.2) is 0 Å². The Morgan fingerprint density at radius 3 is 2.85 bits per heavy atom. The Morgan fingerprint density at radius 1 is 1.38 bits per heavy atom. The van der Waals surface area contributed by atoms with Crippen molar-refractivity contribution >= 4 is 0 Å². The predicted molar refractivity (Wildman–Crippen MR) is 55.6 cm³/mol. The monoisotopic (exact) mass is 175 g/mol. The van der Waals surface area contributed by atoms with Gasteiger partial charge in [-0.15, -0.1) is 0 Å². The molecule has 1 aliphatic rings. The summed E-state index contributed by atoms with van der Waals surface area (Å²) in [5, 5.41) is 3.56. The second kappa shape index (κ2) is 3.15. The number of aryl methyl sites for hydroxylation is 1. The highest BCUT2D eigenvalue weighted by molar-refractivity contribution is 5.39. The summed E-state index contributed by atoms with van der Waals surface area (Å²) in [5.74, 6) is 0.683. The molecule has 0 fully saturated rings. The zero-order chi connectivity index (χ0) is 9.42. The third-order valence-electron chi connectivity index (χ3n) is 2.95. The second-order valence-corrected chi connectivity index (χ2v) is 4.25. The molecule has 0 bridgehead atoms. The number of benzene rings is 1. The molecule has 0 aliphatic carbocycles. The normalized spacial score (nSPS) is 20.8. The van der Waals surface area contributed by atoms with Crippen molar-refractivity contribution in [1.29, 1.82) is 0 Å². The highest BCUT2D eigenvalue weighted by Crippen LogP contribution is 2.32. The van der Waals surface area contributed by atoms with Crippen LogP contribution in [0.2, 0.25) is 0 Å². The zero-order valence-corrected chi connectivity index (χ0v) is 8.59. The van der Waals surface area contributed by atoms with Crippen molar-refractivity contribution < 1.29 is 0 Å². The van der Waals surface area contributed by atoms with Gasteiger partial charge in [0.25, 0.3) is 0 Å². The maximum Gasteiger partial charge on any atom is 0.0349 e. The van der Waals surface area contributed by atoms with Crippen molar-refractivity contribution in [2.75, 3.05) is 0 Å². The minimum atomic E-state index is 0.565. The molecule has 0 aromatic heterocycles. The Labute approximate surface area is 80.2 Å². The largest absolute Gasteiger partial charge is 0.306 e. The summed E-state index contributed by atoms with van der Waals surface area (Å²) >= 11 is 0. The summed E-state index contributed by atoms with van der Waals surface area (Å²) < 4.78 is 0. The molecule has 1 unspecified atom stereocenters. The number of fused-ring (bicyclic) bond motifs is 1. The summed E-state index contributed by atoms with van der Waals surface area (Å²) in [6.45, 7) is 7.79. The SMILES string of the molecule is Cc1cccc2c1CNC2C(C)C. The van der Waals surface area contributed by atoms with E-state index in [4.69, 9.17) is 0 Å². The molecule has 1 aromatic rings. The summed E-state index contributed by atoms with van der Waals surface area (Å²) in [5.41, 5.74) is 4.45. The van der Waals surface area contributed by atoms with Crippen LogP contribution in [0.25, 0.3) is 0 Å². The number of rotatable bonds is 1. The van der Waals surface area contributed by atoms with Gasteiger partial charge < -0.3 is 5.32 Å². The molecular formula is C12H17N. The van der Waals surface area contributed by atoms with Crippen LogP contribution in [0.15, 0.2) is 18.2 Å². The van der Waals surface area contributed by atoms with Crippen LogP contribution < -0.4 is 5.32 Å². The third-order valence-corrected chi connectivity index (χ3v) is 2.95. The molecule has 0 saturated carbocycles. The van der Waals surface area contributed by atoms with Gasteiger partial charge in [-0.05, 0) is 29.5 Å². The van der Waals surface area contributed by atoms with Crippen molar-refractivity contribution in [2.24, 2.45) is 5.92 Å². The maximum atomic E-state index is 3.56. The summed E-state index contributed by atoms with van der Waals surface area (Å²) in [6, 6.07) is 7.18. The van der Waals surface area contributed by atoms with E-state index in [2.05, 4.69) is 44.3 Å². The molecule has 0 radical (unpaired) electrons. The lowest BCUT2D eigenvalue weighted by Crippen LogP contribution is -2.17. The maximum absolute atomic E-state index is 3.56. The first kappa shape index (κ1) is 8.76. The number of nitrogens with one attached hydrogen (secondary N) is 1. The lowest BCUT2D eigenvalue weighted by molar-refractivity contribution is 0.441. The molecule has 13 heavy (non-hydrogen) atoms. The zero-order valence-electron chi connectivity index (χ0n) is 8.59. The van der Waals surface area contributed by atoms with Crippen molar-refractivity contribution in [3.8, 4) is 0 Å². The number of hydrogen-bond donors (Lipinski definition) is 1. The van der Waals surface area contributed by atoms with Crippen LogP contribution in [0.5, 0.6) is 0 Å². The van der Waals surface area contributed by atoms with Crippen LogP contribution in [0.4, 0.5) is 0 Å². The van der Waals surface area contributed by atoms with Gasteiger partial charge in [-0.3, -0.25) is 0 Å². The smallest absolute Gasteiger partial charge is 0.0349 e. The van der Waals surface area contributed by atoms with Crippen LogP contribution in [-0.4, -0.2) is 0 Å². The molecule has 0 amide bonds. The van der Waals surface area contributed by atoms with Gasteiger partial charge in [0.1, 0.15) is 0 Å². The van der Waals surface area contributed by atoms with E-state index in [0.29, 0.717) is 12.0 Å². The fourth-order valence-corrected chi connectivity index (χ4v) is 2.17. The molecule has 2 rings (SSSR count). The first-order chi connectivity index (χ1) is 6.20. The molecule has 1 nitrogen and oxygen atoms in total. The summed E-state index contributed by atoms with van der Waals surface area (Å²) in [7, 11) is 0. The van der Waals surface area contributed by atoms with E-state index >= 15 is 0 Å². The first-order valence-corrected chi connectivity index (χ1v) is 5.02. The Kier molecular flexibility index (Phi) is 2.12. The highest BCUT2D eigenvalue weighted by atomic mass is 14.9. The van der Waals surface area contributed by atoms with Gasteiger partial charge in [0.2, 0.25) is 0 Å². The van der Waals surface area contributed by atoms with E-state index in [1.165, 1.54) is 16.7 Å². The minimum absolute atomic E-state index is 0.565. The van der Waals surface area contributed by atoms with Crippen molar-refractivity contribution in [1.82, 2.24) is 5.32 Å². The van der Waals surface area contributed by atoms with E-state index in [9.17, 15) is 0 Å². The van der Waals surface area contributed by atoms with Crippen molar-refractivity contribution in [2.45, 2.75) is 33.4 Å². The quantitative estimate of drug-likeness (QED) is 0.692. The molecule has 70 valence electrons. The van der Waals surface area contributed by atoms with Gasteiger partial charge in [-0.2, -0.15) is 0 Å². The number of hydrogen-bond acceptors (Lipinski definition) is 1. The van der Waals surface area contributed by atoms with E-state index in [1.807, 2.05) is 0 Å². The molecule has 1 N–H and O–H groups in total. The van der Waals surface area contributed by atoms with Crippen LogP contribution in [-0.2, 0) is 6.54 Å². The van der Waals surface area contributed by atoms with Crippen LogP contribution >= 0.6 is 0 Å². The second-order valence-electron chi connectivity index (χ2n) is 4.25. The Morgan fingerprint density at radius 2 is 2.15 bits per heavy atom. The molecule has 1 heterocycles. The molecule has 0 spiro atoms. The van der Waals surface area contributed by atoms with Crippen LogP contribution in [0.1, 0.15) is 36.6 Å². The lowest BCUT2D eigenvalue weighted by Gasteiger charge is -2.16. The van der Waals surface area contributed by atoms with Gasteiger partial charge in [0, 0.05) is 12.6 Å². The average Bonchev–Trinajstić information content (AvgIpc) is 2.48. The molecule has 1 aromatic carbocycles. The van der Waals surface area contributed by atoms with Gasteiger partial charge in [-0.1, -0.05) is 32.0 Å². The fraction of sp³-hybridized carbons (Fsp3) is 0.500. The van der Waals surface area contributed by atoms with Crippen molar-refractivity contribution in [3.63, 3.8) is 0 Å². The van der Waals surface area contributed by atoms with E-state index < -0.39 is 0 Å². The third kappa shape index (κ3) is 1.37. The van der Waals surface area contributed by atoms with Crippen LogP contribution in [0, 0.1) is 12.8 Å². The predicted octanol–water partition coefficient (Wildman–Crippen LogP) is 2.80. The molecule has 1 heteroatoms. The summed E-state index contributed by atoms with van der Waals surface area (Å²) in [6.07, 6.45) is 0. The van der Waals surface area contributed by atoms with E-state index in [0.717, 1.165) is 6.54 Å². The Bertz CT molecular complexity index is 315. The minimum Gasteiger partial charge on any atom is -0.306 e. The lowest BCUT2D eigenvalue weighted by atomic mass is 9.94. The molecule has 1 atom stereocenters. The average molecular weight is 175 g/mol. The Hall–Kier alpha value is -0.820. The highest BCUT2D eigenvalue weighted by Gasteiger charge is 2.24. The topological polar surface area (TPSA) is 12.0 Å². The van der Waals surface area contributed by atoms with E-state index in [-0.39, 0.29) is 0 Å². The first-order valence-electron chi connectivity index (χ1n) is 5.02.